The summed E-state index contributed by atoms with van der Waals surface area (Å²) >= 11 is 0. The first kappa shape index (κ1) is 61.1. The Kier molecular flexibility index (Phi) is 21.6. The van der Waals surface area contributed by atoms with Crippen molar-refractivity contribution in [1.82, 2.24) is 14.8 Å². The number of carbonyl (C=O) groups is 1. The Hall–Kier alpha value is -6.52. The molecule has 10 rings (SSSR count). The van der Waals surface area contributed by atoms with E-state index in [0.29, 0.717) is 12.2 Å². The normalized spacial score (nSPS) is 14.7. The summed E-state index contributed by atoms with van der Waals surface area (Å²) in [5, 5.41) is 22.9. The molecule has 0 spiro atoms. The van der Waals surface area contributed by atoms with Crippen LogP contribution in [0.15, 0.2) is 200 Å². The maximum absolute atomic E-state index is 13.7. The molecular formula is C69H72FN3O4P2Pd. The number of halogens is 1. The van der Waals surface area contributed by atoms with Crippen LogP contribution in [0.1, 0.15) is 91.1 Å². The second kappa shape index (κ2) is 28.3. The molecule has 0 radical (unpaired) electrons. The quantitative estimate of drug-likeness (QED) is 0.0914. The van der Waals surface area contributed by atoms with Gasteiger partial charge in [-0.15, -0.1) is 0 Å². The SMILES string of the molecule is CC(C)c1nn(-c2ccccn2)c(-c2ccc(F)cc2)c1C=CC1CC(CC(=O)O)OC(C)(C)O1.Cc1ccccc1P(c1ccccc1C)c1ccccc1C.Cc1ccccc1P(c1ccccc1C)c1ccccc1C.[Pd]. The zero-order valence-corrected chi connectivity index (χ0v) is 50.7. The zero-order valence-electron chi connectivity index (χ0n) is 47.4. The van der Waals surface area contributed by atoms with Crippen molar-refractivity contribution >= 4 is 59.7 Å². The van der Waals surface area contributed by atoms with E-state index in [2.05, 4.69) is 206 Å². The standard InChI is InChI=1S/C27H30FN3O4.2C21H21P.Pd/c1-17(2)25-22(13-12-20-15-21(16-24(32)33)35-27(3,4)34-20)26(18-8-10-19(28)11-9-18)31(30-25)23-7-5-6-14-29-23;2*1-16-10-4-7-13-19(16)22(20-14-8-5-11-17(20)2)21-15-9-6-12-18(21)3;/h5-14,17,20-21H,15-16H2,1-4H3,(H,32,33);2*4-15H,1-3H3;. The van der Waals surface area contributed by atoms with Crippen LogP contribution >= 0.6 is 15.8 Å². The van der Waals surface area contributed by atoms with Gasteiger partial charge in [-0.3, -0.25) is 4.79 Å². The topological polar surface area (TPSA) is 86.5 Å². The van der Waals surface area contributed by atoms with E-state index < -0.39 is 33.7 Å². The van der Waals surface area contributed by atoms with Crippen LogP contribution in [-0.2, 0) is 34.7 Å². The molecule has 1 aliphatic heterocycles. The summed E-state index contributed by atoms with van der Waals surface area (Å²) < 4.78 is 27.4. The van der Waals surface area contributed by atoms with Crippen LogP contribution in [0.5, 0.6) is 0 Å². The molecule has 0 bridgehead atoms. The zero-order chi connectivity index (χ0) is 56.2. The molecule has 0 aliphatic carbocycles. The number of pyridine rings is 1. The van der Waals surface area contributed by atoms with Crippen LogP contribution in [0.2, 0.25) is 0 Å². The summed E-state index contributed by atoms with van der Waals surface area (Å²) in [6, 6.07) is 64.7. The molecule has 2 aromatic heterocycles. The molecule has 2 unspecified atom stereocenters. The third-order valence-corrected chi connectivity index (χ3v) is 19.8. The van der Waals surface area contributed by atoms with Gasteiger partial charge in [-0.05, 0) is 179 Å². The maximum Gasteiger partial charge on any atom is 0.305 e. The molecular weight excluding hydrogens is 1120 g/mol. The van der Waals surface area contributed by atoms with Crippen LogP contribution in [-0.4, -0.2) is 43.8 Å². The van der Waals surface area contributed by atoms with Gasteiger partial charge in [-0.1, -0.05) is 178 Å². The number of nitrogens with zero attached hydrogens (tertiary/aromatic N) is 3. The fourth-order valence-corrected chi connectivity index (χ4v) is 15.6. The molecule has 3 heterocycles. The first-order valence-corrected chi connectivity index (χ1v) is 29.7. The smallest absolute Gasteiger partial charge is 0.305 e. The van der Waals surface area contributed by atoms with E-state index in [1.54, 1.807) is 36.9 Å². The van der Waals surface area contributed by atoms with Gasteiger partial charge >= 0.3 is 5.97 Å². The van der Waals surface area contributed by atoms with Crippen LogP contribution in [0.4, 0.5) is 4.39 Å². The summed E-state index contributed by atoms with van der Waals surface area (Å²) in [6.45, 7) is 21.0. The number of ether oxygens (including phenoxy) is 2. The van der Waals surface area contributed by atoms with Crippen molar-refractivity contribution in [3.63, 3.8) is 0 Å². The van der Waals surface area contributed by atoms with Crippen molar-refractivity contribution in [1.29, 1.82) is 0 Å². The van der Waals surface area contributed by atoms with Crippen molar-refractivity contribution < 1.29 is 44.2 Å². The number of hydrogen-bond donors (Lipinski definition) is 1. The number of hydrogen-bond acceptors (Lipinski definition) is 5. The minimum Gasteiger partial charge on any atom is -0.481 e. The van der Waals surface area contributed by atoms with Crippen molar-refractivity contribution in [2.75, 3.05) is 0 Å². The molecule has 7 aromatic carbocycles. The van der Waals surface area contributed by atoms with Gasteiger partial charge < -0.3 is 14.6 Å². The molecule has 0 saturated carbocycles. The van der Waals surface area contributed by atoms with Gasteiger partial charge in [-0.2, -0.15) is 5.10 Å². The van der Waals surface area contributed by atoms with Gasteiger partial charge in [0.15, 0.2) is 11.6 Å². The van der Waals surface area contributed by atoms with Gasteiger partial charge in [0.2, 0.25) is 0 Å². The van der Waals surface area contributed by atoms with Gasteiger partial charge in [0.25, 0.3) is 0 Å². The Balaban J connectivity index is 0.000000180. The molecule has 11 heteroatoms. The molecule has 1 fully saturated rings. The molecule has 414 valence electrons. The summed E-state index contributed by atoms with van der Waals surface area (Å²) in [4.78, 5) is 15.7. The fraction of sp³-hybridized carbons (Fsp3) is 0.232. The number of aliphatic carboxylic acids is 1. The number of rotatable bonds is 13. The number of aromatic nitrogens is 3. The van der Waals surface area contributed by atoms with Crippen molar-refractivity contribution in [2.45, 2.75) is 106 Å². The van der Waals surface area contributed by atoms with E-state index in [4.69, 9.17) is 14.6 Å². The predicted molar refractivity (Wildman–Crippen MR) is 329 cm³/mol. The average molecular weight is 1190 g/mol. The minimum atomic E-state index is -0.911. The number of benzene rings is 7. The molecule has 2 atom stereocenters. The Morgan fingerprint density at radius 3 is 1.35 bits per heavy atom. The van der Waals surface area contributed by atoms with Crippen LogP contribution < -0.4 is 31.8 Å². The van der Waals surface area contributed by atoms with Gasteiger partial charge in [0, 0.05) is 44.2 Å². The van der Waals surface area contributed by atoms with E-state index in [1.807, 2.05) is 30.4 Å². The minimum absolute atomic E-state index is 0. The molecule has 80 heavy (non-hydrogen) atoms. The summed E-state index contributed by atoms with van der Waals surface area (Å²) in [6.07, 6.45) is 5.13. The van der Waals surface area contributed by atoms with E-state index in [0.717, 1.165) is 22.5 Å². The van der Waals surface area contributed by atoms with Gasteiger partial charge in [0.1, 0.15) is 5.82 Å². The monoisotopic (exact) mass is 1190 g/mol. The Labute approximate surface area is 489 Å². The first-order chi connectivity index (χ1) is 38.0. The first-order valence-electron chi connectivity index (χ1n) is 27.0. The summed E-state index contributed by atoms with van der Waals surface area (Å²) in [7, 11) is -1.02. The second-order valence-corrected chi connectivity index (χ2v) is 25.0. The molecule has 7 nitrogen and oxygen atoms in total. The Bertz CT molecular complexity index is 3170. The van der Waals surface area contributed by atoms with Gasteiger partial charge in [-0.25, -0.2) is 14.1 Å². The Morgan fingerprint density at radius 2 is 1.00 bits per heavy atom. The van der Waals surface area contributed by atoms with Crippen molar-refractivity contribution in [2.24, 2.45) is 0 Å². The predicted octanol–water partition coefficient (Wildman–Crippen LogP) is 14.3. The molecule has 1 saturated heterocycles. The van der Waals surface area contributed by atoms with E-state index >= 15 is 0 Å². The third kappa shape index (κ3) is 15.3. The summed E-state index contributed by atoms with van der Waals surface area (Å²) in [5.41, 5.74) is 11.6. The number of carboxylic acid groups (broad SMARTS) is 1. The van der Waals surface area contributed by atoms with Crippen molar-refractivity contribution in [3.05, 3.63) is 251 Å². The maximum atomic E-state index is 13.7. The molecule has 0 amide bonds. The largest absolute Gasteiger partial charge is 0.481 e. The number of carboxylic acids is 1. The third-order valence-electron chi connectivity index (χ3n) is 13.9. The summed E-state index contributed by atoms with van der Waals surface area (Å²) in [5.74, 6) is -1.38. The molecule has 1 aliphatic rings. The molecule has 9 aromatic rings. The second-order valence-electron chi connectivity index (χ2n) is 20.8. The van der Waals surface area contributed by atoms with E-state index in [9.17, 15) is 14.3 Å². The molecule has 1 N–H and O–H groups in total. The average Bonchev–Trinajstić information content (AvgIpc) is 3.95. The van der Waals surface area contributed by atoms with Gasteiger partial charge in [0.05, 0.1) is 30.0 Å². The van der Waals surface area contributed by atoms with Crippen molar-refractivity contribution in [3.8, 4) is 17.1 Å². The number of aryl methyl sites for hydroxylation is 6. The Morgan fingerprint density at radius 1 is 0.613 bits per heavy atom. The van der Waals surface area contributed by atoms with E-state index in [-0.39, 0.29) is 44.7 Å². The van der Waals surface area contributed by atoms with Crippen LogP contribution in [0.3, 0.4) is 0 Å². The van der Waals surface area contributed by atoms with Crippen LogP contribution in [0, 0.1) is 47.4 Å². The van der Waals surface area contributed by atoms with E-state index in [1.165, 1.54) is 77.3 Å². The van der Waals surface area contributed by atoms with Crippen LogP contribution in [0.25, 0.3) is 23.2 Å². The fourth-order valence-electron chi connectivity index (χ4n) is 10.0.